The third kappa shape index (κ3) is 3.78. The number of amides is 1. The Morgan fingerprint density at radius 2 is 1.81 bits per heavy atom. The van der Waals surface area contributed by atoms with E-state index in [0.29, 0.717) is 30.3 Å². The summed E-state index contributed by atoms with van der Waals surface area (Å²) >= 11 is 0. The number of rotatable bonds is 3. The number of carbonyl (C=O) groups is 1. The topological polar surface area (TPSA) is 66.5 Å². The highest BCUT2D eigenvalue weighted by molar-refractivity contribution is 7.92. The van der Waals surface area contributed by atoms with Crippen LogP contribution in [0.3, 0.4) is 0 Å². The molecular formula is C18H17F3N2O3S. The van der Waals surface area contributed by atoms with E-state index in [2.05, 4.69) is 5.32 Å². The van der Waals surface area contributed by atoms with Gasteiger partial charge in [-0.2, -0.15) is 0 Å². The minimum atomic E-state index is -3.44. The lowest BCUT2D eigenvalue weighted by atomic mass is 10.1. The van der Waals surface area contributed by atoms with Crippen LogP contribution in [-0.4, -0.2) is 26.6 Å². The number of nitrogens with zero attached hydrogens (tertiary/aromatic N) is 1. The molecule has 2 aromatic carbocycles. The van der Waals surface area contributed by atoms with E-state index in [0.717, 1.165) is 12.5 Å². The number of nitrogens with one attached hydrogen (secondary N) is 1. The monoisotopic (exact) mass is 398 g/mol. The highest BCUT2D eigenvalue weighted by Gasteiger charge is 2.27. The first kappa shape index (κ1) is 19.2. The van der Waals surface area contributed by atoms with Crippen molar-refractivity contribution in [1.29, 1.82) is 0 Å². The number of aryl methyl sites for hydroxylation is 1. The van der Waals surface area contributed by atoms with Gasteiger partial charge in [-0.3, -0.25) is 9.10 Å². The Labute approximate surface area is 154 Å². The SMILES string of the molecule is Cc1ccc(NC(=O)c2ccc(F)c(F)c2F)cc1N1CCCCS1(=O)=O. The van der Waals surface area contributed by atoms with Crippen molar-refractivity contribution in [3.8, 4) is 0 Å². The van der Waals surface area contributed by atoms with Gasteiger partial charge in [0.2, 0.25) is 10.0 Å². The molecule has 1 aliphatic heterocycles. The summed E-state index contributed by atoms with van der Waals surface area (Å²) in [5.74, 6) is -5.63. The fourth-order valence-electron chi connectivity index (χ4n) is 2.91. The first-order valence-electron chi connectivity index (χ1n) is 8.26. The Bertz CT molecular complexity index is 1010. The van der Waals surface area contributed by atoms with E-state index in [-0.39, 0.29) is 11.4 Å². The molecule has 1 N–H and O–H groups in total. The van der Waals surface area contributed by atoms with Gasteiger partial charge >= 0.3 is 0 Å². The molecule has 0 spiro atoms. The van der Waals surface area contributed by atoms with Crippen molar-refractivity contribution in [2.24, 2.45) is 0 Å². The molecule has 0 saturated carbocycles. The molecule has 1 fully saturated rings. The average molecular weight is 398 g/mol. The van der Waals surface area contributed by atoms with Crippen LogP contribution in [0.4, 0.5) is 24.5 Å². The van der Waals surface area contributed by atoms with Crippen LogP contribution in [-0.2, 0) is 10.0 Å². The van der Waals surface area contributed by atoms with E-state index < -0.39 is 38.9 Å². The maximum Gasteiger partial charge on any atom is 0.258 e. The van der Waals surface area contributed by atoms with E-state index in [9.17, 15) is 26.4 Å². The summed E-state index contributed by atoms with van der Waals surface area (Å²) in [5.41, 5.74) is 0.669. The molecule has 2 aromatic rings. The van der Waals surface area contributed by atoms with Gasteiger partial charge in [0.25, 0.3) is 5.91 Å². The van der Waals surface area contributed by atoms with Crippen LogP contribution in [0.25, 0.3) is 0 Å². The quantitative estimate of drug-likeness (QED) is 0.804. The lowest BCUT2D eigenvalue weighted by Gasteiger charge is -2.29. The van der Waals surface area contributed by atoms with E-state index in [4.69, 9.17) is 0 Å². The zero-order valence-corrected chi connectivity index (χ0v) is 15.2. The number of carbonyl (C=O) groups excluding carboxylic acids is 1. The first-order chi connectivity index (χ1) is 12.7. The Kier molecular flexibility index (Phi) is 5.14. The van der Waals surface area contributed by atoms with Crippen LogP contribution in [0.1, 0.15) is 28.8 Å². The number of hydrogen-bond acceptors (Lipinski definition) is 3. The van der Waals surface area contributed by atoms with Gasteiger partial charge in [-0.25, -0.2) is 21.6 Å². The third-order valence-electron chi connectivity index (χ3n) is 4.36. The molecule has 9 heteroatoms. The molecule has 3 rings (SSSR count). The summed E-state index contributed by atoms with van der Waals surface area (Å²) in [4.78, 5) is 12.2. The minimum absolute atomic E-state index is 0.0447. The van der Waals surface area contributed by atoms with Gasteiger partial charge in [0.1, 0.15) is 0 Å². The predicted octanol–water partition coefficient (Wildman–Crippen LogP) is 3.59. The van der Waals surface area contributed by atoms with Crippen LogP contribution in [0, 0.1) is 24.4 Å². The molecule has 0 aliphatic carbocycles. The molecular weight excluding hydrogens is 381 g/mol. The Morgan fingerprint density at radius 1 is 1.07 bits per heavy atom. The molecule has 27 heavy (non-hydrogen) atoms. The van der Waals surface area contributed by atoms with Gasteiger partial charge in [-0.15, -0.1) is 0 Å². The third-order valence-corrected chi connectivity index (χ3v) is 6.22. The summed E-state index contributed by atoms with van der Waals surface area (Å²) < 4.78 is 66.1. The largest absolute Gasteiger partial charge is 0.322 e. The van der Waals surface area contributed by atoms with Crippen molar-refractivity contribution in [3.05, 3.63) is 58.9 Å². The highest BCUT2D eigenvalue weighted by atomic mass is 32.2. The zero-order valence-electron chi connectivity index (χ0n) is 14.4. The van der Waals surface area contributed by atoms with Gasteiger partial charge < -0.3 is 5.32 Å². The Morgan fingerprint density at radius 3 is 2.52 bits per heavy atom. The summed E-state index contributed by atoms with van der Waals surface area (Å²) in [7, 11) is -3.44. The lowest BCUT2D eigenvalue weighted by Crippen LogP contribution is -2.38. The second kappa shape index (κ2) is 7.22. The van der Waals surface area contributed by atoms with Gasteiger partial charge in [-0.1, -0.05) is 6.07 Å². The van der Waals surface area contributed by atoms with Crippen molar-refractivity contribution in [2.45, 2.75) is 19.8 Å². The number of anilines is 2. The zero-order chi connectivity index (χ0) is 19.8. The Balaban J connectivity index is 1.91. The van der Waals surface area contributed by atoms with Gasteiger partial charge in [-0.05, 0) is 49.6 Å². The summed E-state index contributed by atoms with van der Waals surface area (Å²) in [5, 5.41) is 2.39. The van der Waals surface area contributed by atoms with Crippen LogP contribution < -0.4 is 9.62 Å². The van der Waals surface area contributed by atoms with E-state index in [1.54, 1.807) is 13.0 Å². The van der Waals surface area contributed by atoms with Crippen LogP contribution in [0.15, 0.2) is 30.3 Å². The van der Waals surface area contributed by atoms with E-state index in [1.807, 2.05) is 0 Å². The molecule has 0 atom stereocenters. The highest BCUT2D eigenvalue weighted by Crippen LogP contribution is 2.30. The van der Waals surface area contributed by atoms with E-state index >= 15 is 0 Å². The number of benzene rings is 2. The van der Waals surface area contributed by atoms with Gasteiger partial charge in [0, 0.05) is 12.2 Å². The normalized spacial score (nSPS) is 16.2. The fourth-order valence-corrected chi connectivity index (χ4v) is 4.61. The van der Waals surface area contributed by atoms with E-state index in [1.165, 1.54) is 16.4 Å². The maximum absolute atomic E-state index is 13.8. The molecule has 5 nitrogen and oxygen atoms in total. The Hall–Kier alpha value is -2.55. The lowest BCUT2D eigenvalue weighted by molar-refractivity contribution is 0.102. The number of halogens is 3. The smallest absolute Gasteiger partial charge is 0.258 e. The van der Waals surface area contributed by atoms with Crippen LogP contribution in [0.2, 0.25) is 0 Å². The van der Waals surface area contributed by atoms with Crippen molar-refractivity contribution in [2.75, 3.05) is 21.9 Å². The second-order valence-corrected chi connectivity index (χ2v) is 8.29. The first-order valence-corrected chi connectivity index (χ1v) is 9.87. The maximum atomic E-state index is 13.8. The van der Waals surface area contributed by atoms with Crippen LogP contribution in [0.5, 0.6) is 0 Å². The molecule has 1 heterocycles. The standard InChI is InChI=1S/C18H17F3N2O3S/c1-11-4-5-12(10-15(11)23-8-2-3-9-27(23,25)26)22-18(24)13-6-7-14(19)17(21)16(13)20/h4-7,10H,2-3,8-9H2,1H3,(H,22,24). The molecule has 144 valence electrons. The molecule has 0 unspecified atom stereocenters. The minimum Gasteiger partial charge on any atom is -0.322 e. The fraction of sp³-hybridized carbons (Fsp3) is 0.278. The molecule has 0 radical (unpaired) electrons. The van der Waals surface area contributed by atoms with Gasteiger partial charge in [0.05, 0.1) is 17.0 Å². The van der Waals surface area contributed by atoms with Crippen molar-refractivity contribution < 1.29 is 26.4 Å². The summed E-state index contributed by atoms with van der Waals surface area (Å²) in [6.07, 6.45) is 1.30. The molecule has 1 amide bonds. The molecule has 0 aromatic heterocycles. The van der Waals surface area contributed by atoms with Crippen LogP contribution >= 0.6 is 0 Å². The van der Waals surface area contributed by atoms with Crippen molar-refractivity contribution in [3.63, 3.8) is 0 Å². The number of sulfonamides is 1. The van der Waals surface area contributed by atoms with Crippen molar-refractivity contribution >= 4 is 27.3 Å². The predicted molar refractivity (Wildman–Crippen MR) is 95.8 cm³/mol. The average Bonchev–Trinajstić information content (AvgIpc) is 2.61. The molecule has 0 bridgehead atoms. The number of hydrogen-bond donors (Lipinski definition) is 1. The summed E-state index contributed by atoms with van der Waals surface area (Å²) in [6, 6.07) is 6.11. The van der Waals surface area contributed by atoms with Crippen molar-refractivity contribution in [1.82, 2.24) is 0 Å². The molecule has 1 aliphatic rings. The van der Waals surface area contributed by atoms with Gasteiger partial charge in [0.15, 0.2) is 17.5 Å². The summed E-state index contributed by atoms with van der Waals surface area (Å²) in [6.45, 7) is 2.07. The second-order valence-electron chi connectivity index (χ2n) is 6.27. The molecule has 1 saturated heterocycles.